The summed E-state index contributed by atoms with van der Waals surface area (Å²) in [7, 11) is 2.05. The third-order valence-electron chi connectivity index (χ3n) is 6.74. The molecule has 2 aromatic carbocycles. The number of para-hydroxylation sites is 1. The van der Waals surface area contributed by atoms with Crippen LogP contribution in [-0.2, 0) is 17.9 Å². The molecule has 2 fully saturated rings. The molecule has 0 aromatic heterocycles. The Hall–Kier alpha value is -2.37. The van der Waals surface area contributed by atoms with Crippen molar-refractivity contribution in [1.29, 1.82) is 0 Å². The van der Waals surface area contributed by atoms with Crippen molar-refractivity contribution in [2.75, 3.05) is 44.7 Å². The molecule has 172 valence electrons. The van der Waals surface area contributed by atoms with E-state index in [1.165, 1.54) is 36.1 Å². The van der Waals surface area contributed by atoms with Crippen molar-refractivity contribution in [3.63, 3.8) is 0 Å². The second kappa shape index (κ2) is 11.5. The number of benzene rings is 2. The number of anilines is 1. The van der Waals surface area contributed by atoms with E-state index in [0.29, 0.717) is 12.6 Å². The maximum absolute atomic E-state index is 12.7. The fourth-order valence-corrected chi connectivity index (χ4v) is 5.03. The summed E-state index contributed by atoms with van der Waals surface area (Å²) < 4.78 is 0. The monoisotopic (exact) mass is 434 g/mol. The van der Waals surface area contributed by atoms with Gasteiger partial charge in [-0.05, 0) is 56.3 Å². The van der Waals surface area contributed by atoms with Gasteiger partial charge < -0.3 is 10.2 Å². The zero-order valence-corrected chi connectivity index (χ0v) is 19.5. The number of hydrogen-bond donors (Lipinski definition) is 1. The summed E-state index contributed by atoms with van der Waals surface area (Å²) in [6.45, 7) is 6.61. The lowest BCUT2D eigenvalue weighted by Gasteiger charge is -2.33. The van der Waals surface area contributed by atoms with Crippen LogP contribution in [0.5, 0.6) is 0 Å². The Morgan fingerprint density at radius 2 is 1.62 bits per heavy atom. The number of rotatable bonds is 8. The van der Waals surface area contributed by atoms with Crippen LogP contribution in [-0.4, -0.2) is 61.5 Å². The van der Waals surface area contributed by atoms with E-state index in [2.05, 4.69) is 81.7 Å². The fourth-order valence-electron chi connectivity index (χ4n) is 5.03. The normalized spacial score (nSPS) is 18.1. The number of hydrogen-bond acceptors (Lipinski definition) is 4. The summed E-state index contributed by atoms with van der Waals surface area (Å²) in [5.74, 6) is 0.143. The van der Waals surface area contributed by atoms with E-state index < -0.39 is 0 Å². The van der Waals surface area contributed by atoms with Gasteiger partial charge in [-0.3, -0.25) is 14.6 Å². The van der Waals surface area contributed by atoms with Gasteiger partial charge in [-0.15, -0.1) is 0 Å². The highest BCUT2D eigenvalue weighted by atomic mass is 16.2. The van der Waals surface area contributed by atoms with Crippen molar-refractivity contribution in [3.05, 3.63) is 65.7 Å². The molecule has 2 aliphatic rings. The molecule has 2 saturated heterocycles. The van der Waals surface area contributed by atoms with Crippen LogP contribution in [0.3, 0.4) is 0 Å². The largest absolute Gasteiger partial charge is 0.371 e. The van der Waals surface area contributed by atoms with E-state index in [1.807, 2.05) is 0 Å². The number of likely N-dealkylation sites (tertiary alicyclic amines) is 1. The molecule has 0 atom stereocenters. The zero-order chi connectivity index (χ0) is 22.2. The molecule has 2 heterocycles. The Morgan fingerprint density at radius 3 is 2.38 bits per heavy atom. The maximum atomic E-state index is 12.7. The van der Waals surface area contributed by atoms with Crippen molar-refractivity contribution in [3.8, 4) is 0 Å². The molecule has 0 unspecified atom stereocenters. The first-order valence-electron chi connectivity index (χ1n) is 12.2. The van der Waals surface area contributed by atoms with Crippen LogP contribution in [0.4, 0.5) is 5.69 Å². The van der Waals surface area contributed by atoms with Crippen molar-refractivity contribution in [2.24, 2.45) is 0 Å². The van der Waals surface area contributed by atoms with Gasteiger partial charge in [0.1, 0.15) is 0 Å². The van der Waals surface area contributed by atoms with Crippen LogP contribution in [0, 0.1) is 0 Å². The van der Waals surface area contributed by atoms with Gasteiger partial charge in [0.15, 0.2) is 0 Å². The van der Waals surface area contributed by atoms with Gasteiger partial charge in [-0.25, -0.2) is 0 Å². The lowest BCUT2D eigenvalue weighted by molar-refractivity contribution is -0.123. The van der Waals surface area contributed by atoms with Gasteiger partial charge in [-0.1, -0.05) is 48.5 Å². The first-order chi connectivity index (χ1) is 15.7. The zero-order valence-electron chi connectivity index (χ0n) is 19.5. The fraction of sp³-hybridized carbons (Fsp3) is 0.519. The lowest BCUT2D eigenvalue weighted by Crippen LogP contribution is -2.46. The van der Waals surface area contributed by atoms with Crippen LogP contribution in [0.2, 0.25) is 0 Å². The van der Waals surface area contributed by atoms with E-state index in [-0.39, 0.29) is 5.91 Å². The molecule has 1 amide bonds. The number of nitrogens with zero attached hydrogens (tertiary/aromatic N) is 3. The van der Waals surface area contributed by atoms with Gasteiger partial charge in [-0.2, -0.15) is 0 Å². The Bertz CT molecular complexity index is 842. The predicted molar refractivity (Wildman–Crippen MR) is 132 cm³/mol. The third-order valence-corrected chi connectivity index (χ3v) is 6.74. The lowest BCUT2D eigenvalue weighted by atomic mass is 10.0. The van der Waals surface area contributed by atoms with Crippen molar-refractivity contribution >= 4 is 11.6 Å². The Balaban J connectivity index is 1.21. The van der Waals surface area contributed by atoms with Crippen LogP contribution in [0.15, 0.2) is 54.6 Å². The number of carbonyl (C=O) groups is 1. The number of likely N-dealkylation sites (N-methyl/N-ethyl adjacent to an activating group) is 1. The second-order valence-electron chi connectivity index (χ2n) is 9.45. The molecular formula is C27H38N4O. The molecule has 32 heavy (non-hydrogen) atoms. The summed E-state index contributed by atoms with van der Waals surface area (Å²) in [6.07, 6.45) is 5.94. The van der Waals surface area contributed by atoms with Crippen LogP contribution in [0.25, 0.3) is 0 Å². The average Bonchev–Trinajstić information content (AvgIpc) is 2.82. The summed E-state index contributed by atoms with van der Waals surface area (Å²) >= 11 is 0. The minimum absolute atomic E-state index is 0.143. The average molecular weight is 435 g/mol. The topological polar surface area (TPSA) is 38.8 Å². The van der Waals surface area contributed by atoms with Gasteiger partial charge in [0, 0.05) is 51.0 Å². The molecule has 2 aliphatic heterocycles. The Labute approximate surface area is 193 Å². The molecule has 0 aliphatic carbocycles. The highest BCUT2D eigenvalue weighted by Gasteiger charge is 2.21. The second-order valence-corrected chi connectivity index (χ2v) is 9.45. The highest BCUT2D eigenvalue weighted by molar-refractivity contribution is 5.78. The third kappa shape index (κ3) is 6.57. The van der Waals surface area contributed by atoms with Crippen molar-refractivity contribution in [2.45, 2.75) is 51.2 Å². The van der Waals surface area contributed by atoms with Crippen LogP contribution in [0.1, 0.15) is 43.2 Å². The van der Waals surface area contributed by atoms with Crippen LogP contribution >= 0.6 is 0 Å². The van der Waals surface area contributed by atoms with E-state index in [4.69, 9.17) is 0 Å². The number of carbonyl (C=O) groups excluding carboxylic acids is 1. The highest BCUT2D eigenvalue weighted by Crippen LogP contribution is 2.25. The molecule has 4 rings (SSSR count). The quantitative estimate of drug-likeness (QED) is 0.684. The number of amides is 1. The van der Waals surface area contributed by atoms with Gasteiger partial charge in [0.05, 0.1) is 6.54 Å². The molecular weight excluding hydrogens is 396 g/mol. The first kappa shape index (κ1) is 22.8. The minimum Gasteiger partial charge on any atom is -0.371 e. The minimum atomic E-state index is 0.143. The van der Waals surface area contributed by atoms with E-state index >= 15 is 0 Å². The van der Waals surface area contributed by atoms with Gasteiger partial charge in [0.2, 0.25) is 5.91 Å². The van der Waals surface area contributed by atoms with E-state index in [1.54, 1.807) is 0 Å². The van der Waals surface area contributed by atoms with Crippen molar-refractivity contribution < 1.29 is 4.79 Å². The first-order valence-corrected chi connectivity index (χ1v) is 12.2. The molecule has 0 bridgehead atoms. The van der Waals surface area contributed by atoms with E-state index in [9.17, 15) is 4.79 Å². The number of piperidine rings is 2. The number of nitrogens with one attached hydrogen (secondary N) is 1. The summed E-state index contributed by atoms with van der Waals surface area (Å²) in [5.41, 5.74) is 4.02. The molecule has 5 nitrogen and oxygen atoms in total. The van der Waals surface area contributed by atoms with E-state index in [0.717, 1.165) is 52.1 Å². The summed E-state index contributed by atoms with van der Waals surface area (Å²) in [6, 6.07) is 19.6. The predicted octanol–water partition coefficient (Wildman–Crippen LogP) is 3.89. The van der Waals surface area contributed by atoms with Crippen molar-refractivity contribution in [1.82, 2.24) is 15.1 Å². The molecule has 5 heteroatoms. The standard InChI is InChI=1S/C27H38N4O/c1-29(21-24-12-6-7-13-26(24)31-16-8-3-9-17-31)22-27(32)28-25-14-18-30(19-15-25)20-23-10-4-2-5-11-23/h2,4-7,10-13,25H,3,8-9,14-22H2,1H3,(H,28,32). The Kier molecular flexibility index (Phi) is 8.18. The van der Waals surface area contributed by atoms with Gasteiger partial charge in [0.25, 0.3) is 0 Å². The smallest absolute Gasteiger partial charge is 0.234 e. The molecule has 0 spiro atoms. The molecule has 0 saturated carbocycles. The molecule has 2 aromatic rings. The van der Waals surface area contributed by atoms with Gasteiger partial charge >= 0.3 is 0 Å². The summed E-state index contributed by atoms with van der Waals surface area (Å²) in [4.78, 5) is 19.8. The molecule has 0 radical (unpaired) electrons. The SMILES string of the molecule is CN(CC(=O)NC1CCN(Cc2ccccc2)CC1)Cc1ccccc1N1CCCCC1. The summed E-state index contributed by atoms with van der Waals surface area (Å²) in [5, 5.41) is 3.28. The van der Waals surface area contributed by atoms with Crippen LogP contribution < -0.4 is 10.2 Å². The maximum Gasteiger partial charge on any atom is 0.234 e. The Morgan fingerprint density at radius 1 is 0.938 bits per heavy atom. The molecule has 1 N–H and O–H groups in total.